The third-order valence-corrected chi connectivity index (χ3v) is 4.08. The van der Waals surface area contributed by atoms with Crippen molar-refractivity contribution in [1.82, 2.24) is 0 Å². The van der Waals surface area contributed by atoms with Crippen molar-refractivity contribution >= 4 is 27.4 Å². The Morgan fingerprint density at radius 2 is 1.83 bits per heavy atom. The molecular weight excluding hydrogens is 334 g/mol. The standard InChI is InChI=1S/C16H17NO6S/c1-3-13-12(16(19)20)8-14(23-13)15(18)17-11-6-4-10(5-7-11)9-24(2,21)22/h4-8H,3,9H2,1-2H3,(H,17,18)(H,19,20). The first kappa shape index (κ1) is 17.7. The number of carboxylic acids is 1. The minimum Gasteiger partial charge on any atom is -0.478 e. The number of carboxylic acid groups (broad SMARTS) is 1. The highest BCUT2D eigenvalue weighted by atomic mass is 32.2. The van der Waals surface area contributed by atoms with Gasteiger partial charge in [0.05, 0.1) is 5.75 Å². The van der Waals surface area contributed by atoms with Gasteiger partial charge in [0.25, 0.3) is 5.91 Å². The summed E-state index contributed by atoms with van der Waals surface area (Å²) >= 11 is 0. The van der Waals surface area contributed by atoms with Crippen LogP contribution >= 0.6 is 0 Å². The third-order valence-electron chi connectivity index (χ3n) is 3.22. The number of amides is 1. The maximum atomic E-state index is 12.1. The number of carbonyl (C=O) groups is 2. The highest BCUT2D eigenvalue weighted by molar-refractivity contribution is 7.89. The first-order chi connectivity index (χ1) is 11.2. The number of hydrogen-bond donors (Lipinski definition) is 2. The Hall–Kier alpha value is -2.61. The molecule has 128 valence electrons. The average molecular weight is 351 g/mol. The fourth-order valence-electron chi connectivity index (χ4n) is 2.16. The summed E-state index contributed by atoms with van der Waals surface area (Å²) in [4.78, 5) is 23.2. The van der Waals surface area contributed by atoms with Gasteiger partial charge in [-0.1, -0.05) is 19.1 Å². The maximum absolute atomic E-state index is 12.1. The summed E-state index contributed by atoms with van der Waals surface area (Å²) in [6, 6.07) is 7.52. The lowest BCUT2D eigenvalue weighted by Gasteiger charge is -2.05. The smallest absolute Gasteiger partial charge is 0.339 e. The summed E-state index contributed by atoms with van der Waals surface area (Å²) in [6.45, 7) is 1.73. The number of hydrogen-bond acceptors (Lipinski definition) is 5. The lowest BCUT2D eigenvalue weighted by atomic mass is 10.2. The molecule has 2 N–H and O–H groups in total. The van der Waals surface area contributed by atoms with Gasteiger partial charge in [-0.2, -0.15) is 0 Å². The quantitative estimate of drug-likeness (QED) is 0.826. The van der Waals surface area contributed by atoms with Gasteiger partial charge in [0, 0.05) is 24.4 Å². The molecule has 1 amide bonds. The van der Waals surface area contributed by atoms with Crippen molar-refractivity contribution in [3.8, 4) is 0 Å². The third kappa shape index (κ3) is 4.45. The van der Waals surface area contributed by atoms with E-state index in [2.05, 4.69) is 5.32 Å². The second-order valence-corrected chi connectivity index (χ2v) is 7.47. The van der Waals surface area contributed by atoms with Crippen LogP contribution in [-0.2, 0) is 22.0 Å². The zero-order chi connectivity index (χ0) is 17.9. The van der Waals surface area contributed by atoms with Crippen molar-refractivity contribution in [1.29, 1.82) is 0 Å². The second-order valence-electron chi connectivity index (χ2n) is 5.33. The fraction of sp³-hybridized carbons (Fsp3) is 0.250. The van der Waals surface area contributed by atoms with Gasteiger partial charge in [-0.25, -0.2) is 13.2 Å². The van der Waals surface area contributed by atoms with Crippen LogP contribution in [0, 0.1) is 0 Å². The number of anilines is 1. The zero-order valence-electron chi connectivity index (χ0n) is 13.2. The molecule has 0 spiro atoms. The molecule has 0 bridgehead atoms. The van der Waals surface area contributed by atoms with Crippen LogP contribution in [0.15, 0.2) is 34.7 Å². The molecule has 1 heterocycles. The van der Waals surface area contributed by atoms with E-state index >= 15 is 0 Å². The van der Waals surface area contributed by atoms with Crippen LogP contribution in [0.25, 0.3) is 0 Å². The molecule has 2 aromatic rings. The molecule has 0 saturated heterocycles. The second kappa shape index (κ2) is 6.88. The molecule has 0 aliphatic heterocycles. The zero-order valence-corrected chi connectivity index (χ0v) is 14.0. The maximum Gasteiger partial charge on any atom is 0.339 e. The van der Waals surface area contributed by atoms with Crippen molar-refractivity contribution in [2.45, 2.75) is 19.1 Å². The number of rotatable bonds is 6. The average Bonchev–Trinajstić information content (AvgIpc) is 2.92. The molecule has 0 aliphatic carbocycles. The van der Waals surface area contributed by atoms with Crippen molar-refractivity contribution in [3.63, 3.8) is 0 Å². The Kier molecular flexibility index (Phi) is 5.08. The van der Waals surface area contributed by atoms with E-state index in [0.717, 1.165) is 6.26 Å². The summed E-state index contributed by atoms with van der Waals surface area (Å²) in [5, 5.41) is 11.6. The van der Waals surface area contributed by atoms with Gasteiger partial charge >= 0.3 is 5.97 Å². The van der Waals surface area contributed by atoms with E-state index in [1.165, 1.54) is 6.07 Å². The number of aromatic carboxylic acids is 1. The van der Waals surface area contributed by atoms with Crippen molar-refractivity contribution < 1.29 is 27.5 Å². The minimum absolute atomic E-state index is 0.0360. The normalized spacial score (nSPS) is 11.2. The Morgan fingerprint density at radius 1 is 1.21 bits per heavy atom. The summed E-state index contributed by atoms with van der Waals surface area (Å²) in [5.74, 6) is -1.67. The Morgan fingerprint density at radius 3 is 2.29 bits per heavy atom. The van der Waals surface area contributed by atoms with Crippen LogP contribution < -0.4 is 5.32 Å². The lowest BCUT2D eigenvalue weighted by Crippen LogP contribution is -2.11. The molecule has 0 atom stereocenters. The van der Waals surface area contributed by atoms with Gasteiger partial charge in [-0.3, -0.25) is 4.79 Å². The van der Waals surface area contributed by atoms with Crippen LogP contribution in [0.1, 0.15) is 39.2 Å². The van der Waals surface area contributed by atoms with Gasteiger partial charge in [0.1, 0.15) is 11.3 Å². The van der Waals surface area contributed by atoms with Gasteiger partial charge < -0.3 is 14.8 Å². The minimum atomic E-state index is -3.13. The molecule has 1 aromatic carbocycles. The number of furan rings is 1. The highest BCUT2D eigenvalue weighted by Crippen LogP contribution is 2.18. The number of carbonyl (C=O) groups excluding carboxylic acids is 1. The van der Waals surface area contributed by atoms with Crippen LogP contribution in [0.4, 0.5) is 5.69 Å². The molecule has 2 rings (SSSR count). The molecule has 0 radical (unpaired) electrons. The molecule has 0 saturated carbocycles. The molecule has 0 unspecified atom stereocenters. The Bertz CT molecular complexity index is 864. The SMILES string of the molecule is CCc1oc(C(=O)Nc2ccc(CS(C)(=O)=O)cc2)cc1C(=O)O. The monoisotopic (exact) mass is 351 g/mol. The van der Waals surface area contributed by atoms with Gasteiger partial charge in [-0.05, 0) is 17.7 Å². The molecule has 8 heteroatoms. The molecular formula is C16H17NO6S. The Labute approximate surface area is 139 Å². The van der Waals surface area contributed by atoms with Crippen LogP contribution in [-0.4, -0.2) is 31.7 Å². The van der Waals surface area contributed by atoms with E-state index in [-0.39, 0.29) is 22.8 Å². The highest BCUT2D eigenvalue weighted by Gasteiger charge is 2.20. The number of aryl methyl sites for hydroxylation is 1. The largest absolute Gasteiger partial charge is 0.478 e. The van der Waals surface area contributed by atoms with E-state index in [9.17, 15) is 18.0 Å². The molecule has 7 nitrogen and oxygen atoms in total. The van der Waals surface area contributed by atoms with Gasteiger partial charge in [0.2, 0.25) is 0 Å². The van der Waals surface area contributed by atoms with E-state index in [1.54, 1.807) is 31.2 Å². The summed E-state index contributed by atoms with van der Waals surface area (Å²) in [7, 11) is -3.13. The van der Waals surface area contributed by atoms with Crippen molar-refractivity contribution in [3.05, 3.63) is 53.0 Å². The predicted molar refractivity (Wildman–Crippen MR) is 88.0 cm³/mol. The lowest BCUT2D eigenvalue weighted by molar-refractivity contribution is 0.0694. The number of benzene rings is 1. The van der Waals surface area contributed by atoms with Gasteiger partial charge in [0.15, 0.2) is 15.6 Å². The summed E-state index contributed by atoms with van der Waals surface area (Å²) in [5.41, 5.74) is 1.02. The fourth-order valence-corrected chi connectivity index (χ4v) is 2.96. The Balaban J connectivity index is 2.13. The molecule has 24 heavy (non-hydrogen) atoms. The van der Waals surface area contributed by atoms with E-state index in [4.69, 9.17) is 9.52 Å². The first-order valence-corrected chi connectivity index (χ1v) is 9.19. The molecule has 0 fully saturated rings. The van der Waals surface area contributed by atoms with E-state index < -0.39 is 21.7 Å². The summed E-state index contributed by atoms with van der Waals surface area (Å²) in [6.07, 6.45) is 1.50. The number of nitrogens with one attached hydrogen (secondary N) is 1. The van der Waals surface area contributed by atoms with Crippen LogP contribution in [0.3, 0.4) is 0 Å². The molecule has 1 aromatic heterocycles. The van der Waals surface area contributed by atoms with Gasteiger partial charge in [-0.15, -0.1) is 0 Å². The molecule has 0 aliphatic rings. The van der Waals surface area contributed by atoms with E-state index in [1.807, 2.05) is 0 Å². The van der Waals surface area contributed by atoms with E-state index in [0.29, 0.717) is 17.7 Å². The number of sulfone groups is 1. The van der Waals surface area contributed by atoms with Crippen LogP contribution in [0.2, 0.25) is 0 Å². The summed E-state index contributed by atoms with van der Waals surface area (Å²) < 4.78 is 27.7. The van der Waals surface area contributed by atoms with Crippen LogP contribution in [0.5, 0.6) is 0 Å². The van der Waals surface area contributed by atoms with Crippen molar-refractivity contribution in [2.75, 3.05) is 11.6 Å². The predicted octanol–water partition coefficient (Wildman–Crippen LogP) is 2.34. The first-order valence-electron chi connectivity index (χ1n) is 7.13. The topological polar surface area (TPSA) is 114 Å². The van der Waals surface area contributed by atoms with Crippen molar-refractivity contribution in [2.24, 2.45) is 0 Å².